The van der Waals surface area contributed by atoms with Crippen LogP contribution in [-0.2, 0) is 20.0 Å². The van der Waals surface area contributed by atoms with Crippen molar-refractivity contribution >= 4 is 17.1 Å². The van der Waals surface area contributed by atoms with Crippen molar-refractivity contribution < 1.29 is 4.39 Å². The molecule has 1 aromatic heterocycles. The Morgan fingerprint density at radius 2 is 1.75 bits per heavy atom. The van der Waals surface area contributed by atoms with Crippen molar-refractivity contribution in [2.45, 2.75) is 81.7 Å². The van der Waals surface area contributed by atoms with Gasteiger partial charge in [-0.3, -0.25) is 14.3 Å². The number of likely N-dealkylation sites (N-methyl/N-ethyl adjacent to an activating group) is 1. The minimum Gasteiger partial charge on any atom is -0.347 e. The largest absolute Gasteiger partial charge is 0.347 e. The number of halogens is 1. The molecule has 3 nitrogen and oxygen atoms in total. The van der Waals surface area contributed by atoms with Crippen LogP contribution in [-0.4, -0.2) is 42.5 Å². The zero-order chi connectivity index (χ0) is 30.9. The quantitative estimate of drug-likeness (QED) is 0.212. The van der Waals surface area contributed by atoms with Crippen molar-refractivity contribution in [2.24, 2.45) is 12.0 Å². The lowest BCUT2D eigenvalue weighted by atomic mass is 10.1. The average Bonchev–Trinajstić information content (AvgIpc) is 3.18. The summed E-state index contributed by atoms with van der Waals surface area (Å²) in [5, 5.41) is 1.42. The Bertz CT molecular complexity index is 1090. The van der Waals surface area contributed by atoms with E-state index in [-0.39, 0.29) is 6.67 Å². The number of nitrogens with zero attached hydrogens (tertiary/aromatic N) is 3. The molecule has 1 aromatic carbocycles. The lowest BCUT2D eigenvalue weighted by molar-refractivity contribution is 0.306. The highest BCUT2D eigenvalue weighted by Crippen LogP contribution is 2.28. The summed E-state index contributed by atoms with van der Waals surface area (Å²) in [7, 11) is 3.92. The van der Waals surface area contributed by atoms with E-state index >= 15 is 0 Å². The molecule has 0 fully saturated rings. The second kappa shape index (κ2) is 25.0. The van der Waals surface area contributed by atoms with E-state index in [1.54, 1.807) is 19.3 Å². The number of alkyl halides is 1. The normalized spacial score (nSPS) is 11.3. The highest BCUT2D eigenvalue weighted by molar-refractivity contribution is 5.86. The van der Waals surface area contributed by atoms with Crippen LogP contribution in [0.5, 0.6) is 0 Å². The van der Waals surface area contributed by atoms with Gasteiger partial charge in [-0.1, -0.05) is 87.1 Å². The van der Waals surface area contributed by atoms with Crippen molar-refractivity contribution in [3.8, 4) is 0 Å². The average molecular weight is 552 g/mol. The lowest BCUT2D eigenvalue weighted by Gasteiger charge is -2.22. The zero-order valence-corrected chi connectivity index (χ0v) is 27.5. The Kier molecular flexibility index (Phi) is 24.5. The number of hydrogen-bond donors (Lipinski definition) is 0. The number of aryl methyl sites for hydroxylation is 2. The van der Waals surface area contributed by atoms with Gasteiger partial charge in [0.15, 0.2) is 0 Å². The molecule has 0 amide bonds. The fourth-order valence-corrected chi connectivity index (χ4v) is 4.13. The van der Waals surface area contributed by atoms with E-state index in [9.17, 15) is 4.39 Å². The minimum atomic E-state index is -0.250. The molecule has 0 bridgehead atoms. The molecule has 4 heteroatoms. The van der Waals surface area contributed by atoms with Crippen LogP contribution in [0.3, 0.4) is 0 Å². The van der Waals surface area contributed by atoms with Gasteiger partial charge in [-0.05, 0) is 84.2 Å². The molecule has 0 radical (unpaired) electrons. The van der Waals surface area contributed by atoms with Gasteiger partial charge in [0, 0.05) is 50.0 Å². The summed E-state index contributed by atoms with van der Waals surface area (Å²) in [6.45, 7) is 24.9. The summed E-state index contributed by atoms with van der Waals surface area (Å²) in [5.41, 5.74) is 8.42. The van der Waals surface area contributed by atoms with Gasteiger partial charge in [0.2, 0.25) is 0 Å². The highest BCUT2D eigenvalue weighted by atomic mass is 19.1. The number of rotatable bonds is 10. The van der Waals surface area contributed by atoms with Gasteiger partial charge < -0.3 is 4.57 Å². The molecule has 0 aliphatic heterocycles. The summed E-state index contributed by atoms with van der Waals surface area (Å²) in [5.74, 6) is 0. The standard InChI is InChI=1S/C23H34N2.C7H12.C4H7N.C2H5F/c1-7-11-19(12-8-2)16-25(10-4)17-21-20-15-18(5)13-14-23(20)24(6)22(21)9-3;1-4-5-6-7(2)3;1-3-4-5-2;1-2-3/h7,11-15H,8-10,16-17H2,1-6H3;4-6H,1-3H3;3-4H,1H2,2H3;2H2,1H3/b11-7-,19-12+;5-4-;;. The molecule has 40 heavy (non-hydrogen) atoms. The van der Waals surface area contributed by atoms with Crippen LogP contribution >= 0.6 is 0 Å². The van der Waals surface area contributed by atoms with E-state index in [0.29, 0.717) is 0 Å². The maximum atomic E-state index is 10.3. The summed E-state index contributed by atoms with van der Waals surface area (Å²) in [6.07, 6.45) is 18.3. The van der Waals surface area contributed by atoms with E-state index in [2.05, 4.69) is 119 Å². The van der Waals surface area contributed by atoms with Crippen LogP contribution in [0.1, 0.15) is 78.6 Å². The van der Waals surface area contributed by atoms with Crippen LogP contribution in [0.2, 0.25) is 0 Å². The third-order valence-corrected chi connectivity index (χ3v) is 5.89. The Morgan fingerprint density at radius 1 is 1.10 bits per heavy atom. The van der Waals surface area contributed by atoms with Crippen LogP contribution in [0.25, 0.3) is 10.9 Å². The van der Waals surface area contributed by atoms with E-state index in [1.807, 2.05) is 19.1 Å². The smallest absolute Gasteiger partial charge is 0.0866 e. The number of hydrogen-bond acceptors (Lipinski definition) is 2. The van der Waals surface area contributed by atoms with E-state index in [4.69, 9.17) is 0 Å². The number of aromatic nitrogens is 1. The fraction of sp³-hybridized carbons (Fsp3) is 0.472. The predicted octanol–water partition coefficient (Wildman–Crippen LogP) is 10.2. The van der Waals surface area contributed by atoms with Gasteiger partial charge in [0.1, 0.15) is 0 Å². The Hall–Kier alpha value is -2.98. The molecule has 0 unspecified atom stereocenters. The van der Waals surface area contributed by atoms with E-state index in [0.717, 1.165) is 32.5 Å². The van der Waals surface area contributed by atoms with Crippen LogP contribution in [0.15, 0.2) is 83.4 Å². The maximum absolute atomic E-state index is 10.3. The third-order valence-electron chi connectivity index (χ3n) is 5.89. The molecule has 0 aliphatic carbocycles. The van der Waals surface area contributed by atoms with Crippen molar-refractivity contribution in [2.75, 3.05) is 26.8 Å². The summed E-state index contributed by atoms with van der Waals surface area (Å²) < 4.78 is 12.7. The summed E-state index contributed by atoms with van der Waals surface area (Å²) in [6, 6.07) is 6.84. The van der Waals surface area contributed by atoms with Crippen LogP contribution in [0, 0.1) is 6.92 Å². The number of aliphatic imine (C=N–C) groups is 1. The molecular weight excluding hydrogens is 493 g/mol. The van der Waals surface area contributed by atoms with Gasteiger partial charge in [-0.15, -0.1) is 0 Å². The minimum absolute atomic E-state index is 0.250. The van der Waals surface area contributed by atoms with Crippen molar-refractivity contribution in [1.82, 2.24) is 9.47 Å². The molecular formula is C36H58FN3. The first kappa shape index (κ1) is 39.2. The van der Waals surface area contributed by atoms with E-state index in [1.165, 1.54) is 45.8 Å². The molecule has 0 saturated carbocycles. The van der Waals surface area contributed by atoms with E-state index < -0.39 is 0 Å². The molecule has 0 aliphatic rings. The van der Waals surface area contributed by atoms with Crippen LogP contribution < -0.4 is 0 Å². The Balaban J connectivity index is 0. The summed E-state index contributed by atoms with van der Waals surface area (Å²) in [4.78, 5) is 6.16. The number of benzene rings is 1. The molecule has 0 N–H and O–H groups in total. The third kappa shape index (κ3) is 16.2. The first-order valence-electron chi connectivity index (χ1n) is 14.6. The van der Waals surface area contributed by atoms with Crippen LogP contribution in [0.4, 0.5) is 4.39 Å². The Morgan fingerprint density at radius 3 is 2.15 bits per heavy atom. The molecule has 224 valence electrons. The second-order valence-corrected chi connectivity index (χ2v) is 9.53. The van der Waals surface area contributed by atoms with Crippen molar-refractivity contribution in [1.29, 1.82) is 0 Å². The monoisotopic (exact) mass is 551 g/mol. The topological polar surface area (TPSA) is 20.5 Å². The molecule has 0 spiro atoms. The Labute approximate surface area is 246 Å². The van der Waals surface area contributed by atoms with Gasteiger partial charge in [-0.2, -0.15) is 0 Å². The van der Waals surface area contributed by atoms with Crippen molar-refractivity contribution in [3.63, 3.8) is 0 Å². The van der Waals surface area contributed by atoms with Gasteiger partial charge in [-0.25, -0.2) is 0 Å². The first-order chi connectivity index (χ1) is 19.1. The predicted molar refractivity (Wildman–Crippen MR) is 182 cm³/mol. The molecule has 0 saturated heterocycles. The first-order valence-corrected chi connectivity index (χ1v) is 14.6. The molecule has 0 atom stereocenters. The van der Waals surface area contributed by atoms with Crippen molar-refractivity contribution in [3.05, 3.63) is 95.3 Å². The van der Waals surface area contributed by atoms with Gasteiger partial charge >= 0.3 is 0 Å². The van der Waals surface area contributed by atoms with Gasteiger partial charge in [0.25, 0.3) is 0 Å². The highest BCUT2D eigenvalue weighted by Gasteiger charge is 2.16. The van der Waals surface area contributed by atoms with Gasteiger partial charge in [0.05, 0.1) is 6.67 Å². The zero-order valence-electron chi connectivity index (χ0n) is 27.5. The SMILES string of the molecule is C/C=C\C(=C/CC)CN(CC)Cc1c(CC)n(C)c2ccc(C)cc12.C/C=C\C=C(C)C.C=CC=NC.CCF. The fourth-order valence-electron chi connectivity index (χ4n) is 4.13. The molecule has 2 aromatic rings. The second-order valence-electron chi connectivity index (χ2n) is 9.53. The lowest BCUT2D eigenvalue weighted by Crippen LogP contribution is -2.25. The summed E-state index contributed by atoms with van der Waals surface area (Å²) >= 11 is 0. The number of fused-ring (bicyclic) bond motifs is 1. The molecule has 2 rings (SSSR count). The number of allylic oxidation sites excluding steroid dienone is 7. The maximum Gasteiger partial charge on any atom is 0.0866 e. The molecule has 1 heterocycles.